The maximum absolute atomic E-state index is 14.3. The first-order chi connectivity index (χ1) is 18.9. The number of nitrogens with one attached hydrogen (secondary N) is 1. The summed E-state index contributed by atoms with van der Waals surface area (Å²) in [6.07, 6.45) is 6.48. The SMILES string of the molecule is Cc1nc(-c2ccnc(NC(=O)O)c2)nn1CCN(C(=O)C1(c2cccc3ccccc23)CC1)C1CCCC1. The number of aromatic nitrogens is 4. The van der Waals surface area contributed by atoms with Crippen LogP contribution in [0.2, 0.25) is 0 Å². The third-order valence-electron chi connectivity index (χ3n) is 8.15. The number of carbonyl (C=O) groups excluding carboxylic acids is 1. The van der Waals surface area contributed by atoms with E-state index in [2.05, 4.69) is 56.6 Å². The summed E-state index contributed by atoms with van der Waals surface area (Å²) >= 11 is 0. The average molecular weight is 525 g/mol. The molecule has 0 saturated heterocycles. The highest BCUT2D eigenvalue weighted by atomic mass is 16.4. The second-order valence-electron chi connectivity index (χ2n) is 10.6. The Labute approximate surface area is 226 Å². The minimum absolute atomic E-state index is 0.218. The molecule has 0 aliphatic heterocycles. The van der Waals surface area contributed by atoms with Crippen LogP contribution in [0.1, 0.15) is 49.9 Å². The number of amides is 2. The van der Waals surface area contributed by atoms with Crippen molar-refractivity contribution in [3.05, 3.63) is 72.2 Å². The van der Waals surface area contributed by atoms with Gasteiger partial charge in [-0.25, -0.2) is 19.4 Å². The molecule has 9 nitrogen and oxygen atoms in total. The van der Waals surface area contributed by atoms with Crippen LogP contribution in [0.4, 0.5) is 10.6 Å². The number of fused-ring (bicyclic) bond motifs is 1. The largest absolute Gasteiger partial charge is 0.465 e. The first kappa shape index (κ1) is 25.0. The van der Waals surface area contributed by atoms with Crippen LogP contribution in [-0.4, -0.2) is 54.3 Å². The molecule has 4 aromatic rings. The highest BCUT2D eigenvalue weighted by Gasteiger charge is 2.54. The van der Waals surface area contributed by atoms with Gasteiger partial charge in [0.15, 0.2) is 5.82 Å². The summed E-state index contributed by atoms with van der Waals surface area (Å²) in [5.74, 6) is 1.69. The lowest BCUT2D eigenvalue weighted by molar-refractivity contribution is -0.136. The van der Waals surface area contributed by atoms with E-state index in [1.54, 1.807) is 12.1 Å². The van der Waals surface area contributed by atoms with Gasteiger partial charge in [-0.2, -0.15) is 5.10 Å². The van der Waals surface area contributed by atoms with Gasteiger partial charge in [0.25, 0.3) is 0 Å². The minimum atomic E-state index is -1.18. The summed E-state index contributed by atoms with van der Waals surface area (Å²) < 4.78 is 1.84. The Balaban J connectivity index is 1.25. The number of benzene rings is 2. The summed E-state index contributed by atoms with van der Waals surface area (Å²) in [5, 5.41) is 18.3. The van der Waals surface area contributed by atoms with Gasteiger partial charge in [0, 0.05) is 24.3 Å². The van der Waals surface area contributed by atoms with E-state index in [1.165, 1.54) is 17.0 Å². The van der Waals surface area contributed by atoms with Crippen LogP contribution in [0.25, 0.3) is 22.2 Å². The van der Waals surface area contributed by atoms with Gasteiger partial charge in [0.1, 0.15) is 11.6 Å². The van der Waals surface area contributed by atoms with Gasteiger partial charge in [0.05, 0.1) is 12.0 Å². The lowest BCUT2D eigenvalue weighted by Gasteiger charge is -2.33. The first-order valence-corrected chi connectivity index (χ1v) is 13.6. The maximum atomic E-state index is 14.3. The van der Waals surface area contributed by atoms with Crippen molar-refractivity contribution in [1.29, 1.82) is 0 Å². The highest BCUT2D eigenvalue weighted by Crippen LogP contribution is 2.52. The monoisotopic (exact) mass is 524 g/mol. The molecule has 2 aliphatic rings. The summed E-state index contributed by atoms with van der Waals surface area (Å²) in [5.41, 5.74) is 1.37. The van der Waals surface area contributed by atoms with Crippen molar-refractivity contribution in [2.75, 3.05) is 11.9 Å². The van der Waals surface area contributed by atoms with Crippen LogP contribution < -0.4 is 5.32 Å². The molecule has 2 N–H and O–H groups in total. The van der Waals surface area contributed by atoms with Crippen LogP contribution in [-0.2, 0) is 16.8 Å². The quantitative estimate of drug-likeness (QED) is 0.319. The number of rotatable bonds is 8. The van der Waals surface area contributed by atoms with Gasteiger partial charge < -0.3 is 10.0 Å². The van der Waals surface area contributed by atoms with Gasteiger partial charge >= 0.3 is 6.09 Å². The summed E-state index contributed by atoms with van der Waals surface area (Å²) in [6, 6.07) is 18.3. The van der Waals surface area contributed by atoms with Crippen molar-refractivity contribution < 1.29 is 14.7 Å². The van der Waals surface area contributed by atoms with Crippen molar-refractivity contribution in [3.63, 3.8) is 0 Å². The third-order valence-corrected chi connectivity index (χ3v) is 8.15. The smallest absolute Gasteiger partial charge is 0.410 e. The van der Waals surface area contributed by atoms with Crippen molar-refractivity contribution in [2.45, 2.75) is 63.5 Å². The number of anilines is 1. The third kappa shape index (κ3) is 4.84. The molecule has 2 amide bonds. The molecule has 9 heteroatoms. The number of pyridine rings is 1. The maximum Gasteiger partial charge on any atom is 0.410 e. The fourth-order valence-electron chi connectivity index (χ4n) is 6.01. The fourth-order valence-corrected chi connectivity index (χ4v) is 6.01. The number of carbonyl (C=O) groups is 2. The number of aryl methyl sites for hydroxylation is 1. The summed E-state index contributed by atoms with van der Waals surface area (Å²) in [4.78, 5) is 36.1. The Morgan fingerprint density at radius 1 is 1.10 bits per heavy atom. The van der Waals surface area contributed by atoms with E-state index in [0.717, 1.165) is 49.9 Å². The van der Waals surface area contributed by atoms with E-state index < -0.39 is 11.5 Å². The summed E-state index contributed by atoms with van der Waals surface area (Å²) in [7, 11) is 0. The van der Waals surface area contributed by atoms with Gasteiger partial charge in [0.2, 0.25) is 5.91 Å². The standard InChI is InChI=1S/C30H32N6O3/c1-20-32-27(22-13-16-31-26(19-22)33-29(38)39)34-36(20)18-17-35(23-9-3-4-10-23)28(37)30(14-15-30)25-12-6-8-21-7-2-5-11-24(21)25/h2,5-8,11-13,16,19,23H,3-4,9-10,14-15,17-18H2,1H3,(H,31,33)(H,38,39). The van der Waals surface area contributed by atoms with E-state index in [0.29, 0.717) is 24.5 Å². The van der Waals surface area contributed by atoms with Crippen LogP contribution in [0.5, 0.6) is 0 Å². The number of hydrogen-bond acceptors (Lipinski definition) is 5. The topological polar surface area (TPSA) is 113 Å². The zero-order valence-electron chi connectivity index (χ0n) is 22.0. The predicted octanol–water partition coefficient (Wildman–Crippen LogP) is 5.39. The first-order valence-electron chi connectivity index (χ1n) is 13.6. The van der Waals surface area contributed by atoms with E-state index in [9.17, 15) is 9.59 Å². The molecular weight excluding hydrogens is 492 g/mol. The van der Waals surface area contributed by atoms with Gasteiger partial charge in [-0.05, 0) is 61.1 Å². The Hall–Kier alpha value is -4.27. The van der Waals surface area contributed by atoms with E-state index in [4.69, 9.17) is 10.2 Å². The molecule has 0 spiro atoms. The zero-order chi connectivity index (χ0) is 27.0. The fraction of sp³-hybridized carbons (Fsp3) is 0.367. The van der Waals surface area contributed by atoms with Gasteiger partial charge in [-0.1, -0.05) is 55.3 Å². The summed E-state index contributed by atoms with van der Waals surface area (Å²) in [6.45, 7) is 3.01. The molecule has 39 heavy (non-hydrogen) atoms. The molecule has 0 bridgehead atoms. The lowest BCUT2D eigenvalue weighted by atomic mass is 9.89. The van der Waals surface area contributed by atoms with Gasteiger partial charge in [-0.15, -0.1) is 0 Å². The second kappa shape index (κ2) is 10.1. The molecule has 0 atom stereocenters. The van der Waals surface area contributed by atoms with Crippen LogP contribution >= 0.6 is 0 Å². The van der Waals surface area contributed by atoms with Crippen LogP contribution in [0.15, 0.2) is 60.8 Å². The van der Waals surface area contributed by atoms with E-state index in [1.807, 2.05) is 17.7 Å². The molecule has 200 valence electrons. The number of carboxylic acid groups (broad SMARTS) is 1. The molecule has 2 aliphatic carbocycles. The second-order valence-corrected chi connectivity index (χ2v) is 10.6. The van der Waals surface area contributed by atoms with Crippen LogP contribution in [0.3, 0.4) is 0 Å². The highest BCUT2D eigenvalue weighted by molar-refractivity contribution is 5.98. The van der Waals surface area contributed by atoms with Crippen molar-refractivity contribution in [1.82, 2.24) is 24.6 Å². The molecule has 0 unspecified atom stereocenters. The average Bonchev–Trinajstić information content (AvgIpc) is 3.39. The van der Waals surface area contributed by atoms with Crippen LogP contribution in [0, 0.1) is 6.92 Å². The Kier molecular flexibility index (Phi) is 6.50. The molecule has 2 fully saturated rings. The number of nitrogens with zero attached hydrogens (tertiary/aromatic N) is 5. The molecule has 2 heterocycles. The zero-order valence-corrected chi connectivity index (χ0v) is 22.0. The predicted molar refractivity (Wildman–Crippen MR) is 148 cm³/mol. The molecule has 2 saturated carbocycles. The van der Waals surface area contributed by atoms with Crippen molar-refractivity contribution in [3.8, 4) is 11.4 Å². The van der Waals surface area contributed by atoms with E-state index >= 15 is 0 Å². The minimum Gasteiger partial charge on any atom is -0.465 e. The normalized spacial score (nSPS) is 16.3. The van der Waals surface area contributed by atoms with E-state index in [-0.39, 0.29) is 17.8 Å². The van der Waals surface area contributed by atoms with Crippen molar-refractivity contribution in [2.24, 2.45) is 0 Å². The molecule has 6 rings (SSSR count). The molecule has 2 aromatic heterocycles. The number of hydrogen-bond donors (Lipinski definition) is 2. The Morgan fingerprint density at radius 2 is 1.87 bits per heavy atom. The van der Waals surface area contributed by atoms with Crippen molar-refractivity contribution >= 4 is 28.6 Å². The Morgan fingerprint density at radius 3 is 2.64 bits per heavy atom. The molecular formula is C30H32N6O3. The lowest BCUT2D eigenvalue weighted by Crippen LogP contribution is -2.46. The molecule has 2 aromatic carbocycles. The Bertz CT molecular complexity index is 1530. The van der Waals surface area contributed by atoms with Gasteiger partial charge in [-0.3, -0.25) is 10.1 Å². The molecule has 0 radical (unpaired) electrons.